The number of benzene rings is 1. The fourth-order valence-corrected chi connectivity index (χ4v) is 15.8. The average molecular weight is 1530 g/mol. The number of aryl methyl sites for hydroxylation is 7. The van der Waals surface area contributed by atoms with E-state index < -0.39 is 0 Å². The molecule has 0 radical (unpaired) electrons. The Bertz CT molecular complexity index is 6700. The van der Waals surface area contributed by atoms with Crippen LogP contribution >= 0.6 is 0 Å². The van der Waals surface area contributed by atoms with E-state index in [9.17, 15) is 19.2 Å². The summed E-state index contributed by atoms with van der Waals surface area (Å²) >= 11 is 0. The van der Waals surface area contributed by atoms with Crippen LogP contribution in [0.4, 0.5) is 0 Å². The molecule has 0 bridgehead atoms. The lowest BCUT2D eigenvalue weighted by molar-refractivity contribution is 0.220. The predicted molar refractivity (Wildman–Crippen MR) is 435 cm³/mol. The van der Waals surface area contributed by atoms with Gasteiger partial charge in [-0.3, -0.25) is 76.4 Å². The molecule has 2 N–H and O–H groups in total. The van der Waals surface area contributed by atoms with E-state index in [1.165, 1.54) is 6.07 Å². The Morgan fingerprint density at radius 1 is 0.404 bits per heavy atom. The molecule has 3 saturated heterocycles. The van der Waals surface area contributed by atoms with E-state index in [2.05, 4.69) is 116 Å². The molecule has 114 heavy (non-hydrogen) atoms. The third-order valence-electron chi connectivity index (χ3n) is 22.1. The van der Waals surface area contributed by atoms with Gasteiger partial charge in [0, 0.05) is 91.3 Å². The molecule has 4 aliphatic heterocycles. The van der Waals surface area contributed by atoms with Crippen LogP contribution in [0.1, 0.15) is 127 Å². The van der Waals surface area contributed by atoms with Crippen LogP contribution < -0.4 is 32.9 Å². The normalized spacial score (nSPS) is 15.6. The molecule has 3 fully saturated rings. The molecule has 0 unspecified atom stereocenters. The van der Waals surface area contributed by atoms with Crippen LogP contribution in [0.3, 0.4) is 0 Å². The van der Waals surface area contributed by atoms with Crippen molar-refractivity contribution in [2.45, 2.75) is 111 Å². The lowest BCUT2D eigenvalue weighted by Gasteiger charge is -2.30. The monoisotopic (exact) mass is 1530 g/mol. The summed E-state index contributed by atoms with van der Waals surface area (Å²) < 4.78 is 13.5. The molecule has 1 aromatic carbocycles. The first-order chi connectivity index (χ1) is 55.3. The van der Waals surface area contributed by atoms with E-state index in [1.54, 1.807) is 80.3 Å². The fourth-order valence-electron chi connectivity index (χ4n) is 15.8. The maximum absolute atomic E-state index is 12.9. The van der Waals surface area contributed by atoms with Gasteiger partial charge in [0.05, 0.1) is 151 Å². The smallest absolute Gasteiger partial charge is 0.258 e. The molecule has 0 saturated carbocycles. The van der Waals surface area contributed by atoms with Gasteiger partial charge in [-0.25, -0.2) is 33.5 Å². The highest BCUT2D eigenvalue weighted by atomic mass is 16.1. The summed E-state index contributed by atoms with van der Waals surface area (Å²) in [4.78, 5) is 106. The van der Waals surface area contributed by atoms with Crippen LogP contribution in [0.25, 0.3) is 101 Å². The van der Waals surface area contributed by atoms with E-state index in [0.717, 1.165) is 199 Å². The zero-order valence-electron chi connectivity index (χ0n) is 65.1. The molecular weight excluding hydrogens is 1440 g/mol. The molecule has 578 valence electrons. The summed E-state index contributed by atoms with van der Waals surface area (Å²) in [7, 11) is 4.04. The van der Waals surface area contributed by atoms with Gasteiger partial charge in [-0.1, -0.05) is 19.1 Å². The highest BCUT2D eigenvalue weighted by molar-refractivity contribution is 5.84. The molecule has 31 heteroatoms. The van der Waals surface area contributed by atoms with Crippen LogP contribution in [0, 0.1) is 41.5 Å². The zero-order valence-corrected chi connectivity index (χ0v) is 65.1. The highest BCUT2D eigenvalue weighted by Gasteiger charge is 2.25. The topological polar surface area (TPSA) is 328 Å². The number of piperidine rings is 3. The first-order valence-corrected chi connectivity index (χ1v) is 38.8. The molecular formula is C83H87N27O4. The maximum Gasteiger partial charge on any atom is 0.258 e. The van der Waals surface area contributed by atoms with Gasteiger partial charge in [0.2, 0.25) is 0 Å². The van der Waals surface area contributed by atoms with E-state index in [-0.39, 0.29) is 22.2 Å². The van der Waals surface area contributed by atoms with E-state index >= 15 is 0 Å². The van der Waals surface area contributed by atoms with E-state index in [4.69, 9.17) is 0 Å². The Morgan fingerprint density at radius 2 is 0.825 bits per heavy atom. The molecule has 31 nitrogen and oxygen atoms in total. The highest BCUT2D eigenvalue weighted by Crippen LogP contribution is 2.31. The maximum atomic E-state index is 12.9. The quantitative estimate of drug-likeness (QED) is 0.136. The van der Waals surface area contributed by atoms with Crippen molar-refractivity contribution in [1.29, 1.82) is 0 Å². The largest absolute Gasteiger partial charge is 0.317 e. The molecule has 20 rings (SSSR count). The second-order valence-corrected chi connectivity index (χ2v) is 30.1. The molecule has 0 spiro atoms. The standard InChI is InChI=1S/C22H25N7O.C21H23N7O.C20H21N7O.C20H18N6O/c1-4-27-7-5-16(6-8-27)19-13-28-21(11-23-19)25-17(10-22(28)30)18-9-20-15(3)24-14(2)12-29(20)26-18;1-13-11-28-19(14(2)23-13)8-17(25-28)16-9-21(29)27-12-18(22-10-20(27)24-16)15-4-6-26(3)7-5-15;1-12-10-27-18(13(2)23-12)7-16(25-27)15-8-20(28)26-11-17(22-9-19(26)24-15)14-3-5-21-6-4-14;1-25-18-3-2-14(8-15(18)10-23-25)16-9-20(27)26-12-17(22-11-19(26)24-16)13-4-6-21-7-5-13/h9-13,16H,4-8H2,1-3H3;8-12,15H,4-7H2,1-3H3;7-11,14,21H,3-6H2,1-2H3;2-4,8-12,21H,5-7H2,1H3. The molecule has 15 aromatic heterocycles. The lowest BCUT2D eigenvalue weighted by atomic mass is 9.94. The Hall–Kier alpha value is -12.7. The minimum Gasteiger partial charge on any atom is -0.317 e. The van der Waals surface area contributed by atoms with Gasteiger partial charge in [0.15, 0.2) is 22.6 Å². The predicted octanol–water partition coefficient (Wildman–Crippen LogP) is 8.74. The second-order valence-electron chi connectivity index (χ2n) is 30.1. The van der Waals surface area contributed by atoms with Crippen molar-refractivity contribution < 1.29 is 0 Å². The Kier molecular flexibility index (Phi) is 20.2. The molecule has 4 aliphatic rings. The van der Waals surface area contributed by atoms with Crippen LogP contribution in [0.2, 0.25) is 0 Å². The summed E-state index contributed by atoms with van der Waals surface area (Å²) in [6, 6.07) is 17.9. The van der Waals surface area contributed by atoms with Crippen LogP contribution in [0.5, 0.6) is 0 Å². The van der Waals surface area contributed by atoms with Gasteiger partial charge in [-0.05, 0) is 182 Å². The number of aromatic nitrogens is 23. The van der Waals surface area contributed by atoms with Gasteiger partial charge in [-0.15, -0.1) is 0 Å². The first kappa shape index (κ1) is 74.1. The van der Waals surface area contributed by atoms with Crippen molar-refractivity contribution in [3.8, 4) is 45.4 Å². The van der Waals surface area contributed by atoms with Crippen molar-refractivity contribution in [2.75, 3.05) is 66.0 Å². The average Bonchev–Trinajstić information content (AvgIpc) is 1.35. The third kappa shape index (κ3) is 15.2. The zero-order chi connectivity index (χ0) is 78.6. The number of nitrogens with zero attached hydrogens (tertiary/aromatic N) is 25. The van der Waals surface area contributed by atoms with Crippen molar-refractivity contribution >= 4 is 55.6 Å². The van der Waals surface area contributed by atoms with Gasteiger partial charge in [-0.2, -0.15) is 20.4 Å². The SMILES string of the molecule is CCN1CCC(c2cn3c(=O)cc(-c4cc5c(C)nc(C)cn5n4)nc3cn2)CC1.Cc1cn2nc(-c3cc(=O)n4cc(C5CCN(C)CC5)ncc4n3)cc2c(C)n1.Cc1cn2nc(-c3cc(=O)n4cc(C5CCNCC5)ncc4n3)cc2c(C)n1.Cn1ncc2cc(-c3cc(=O)n4cc(C5=CCNCC5)ncc4n3)ccc21. The Labute approximate surface area is 652 Å². The summed E-state index contributed by atoms with van der Waals surface area (Å²) in [6.07, 6.45) is 30.9. The van der Waals surface area contributed by atoms with Crippen LogP contribution in [-0.2, 0) is 7.05 Å². The molecule has 16 aromatic rings. The lowest BCUT2D eigenvalue weighted by Crippen LogP contribution is -2.33. The number of nitrogens with one attached hydrogen (secondary N) is 2. The summed E-state index contributed by atoms with van der Waals surface area (Å²) in [5.74, 6) is 1.16. The van der Waals surface area contributed by atoms with Crippen molar-refractivity contribution in [3.05, 3.63) is 239 Å². The summed E-state index contributed by atoms with van der Waals surface area (Å²) in [6.45, 7) is 22.9. The van der Waals surface area contributed by atoms with Gasteiger partial charge >= 0.3 is 0 Å². The molecule has 0 aliphatic carbocycles. The number of likely N-dealkylation sites (tertiary alicyclic amines) is 2. The number of hydrogen-bond donors (Lipinski definition) is 2. The molecule has 0 amide bonds. The number of rotatable bonds is 9. The fraction of sp³-hybridized carbons (Fsp3) is 0.337. The Morgan fingerprint density at radius 3 is 1.27 bits per heavy atom. The van der Waals surface area contributed by atoms with Gasteiger partial charge < -0.3 is 20.4 Å². The van der Waals surface area contributed by atoms with Gasteiger partial charge in [0.1, 0.15) is 17.1 Å². The number of fused-ring (bicyclic) bond motifs is 8. The third-order valence-corrected chi connectivity index (χ3v) is 22.1. The Balaban J connectivity index is 0.000000110. The van der Waals surface area contributed by atoms with Gasteiger partial charge in [0.25, 0.3) is 22.2 Å². The first-order valence-electron chi connectivity index (χ1n) is 38.8. The van der Waals surface area contributed by atoms with E-state index in [1.807, 2.05) is 133 Å². The van der Waals surface area contributed by atoms with Crippen molar-refractivity contribution in [1.82, 2.24) is 131 Å². The summed E-state index contributed by atoms with van der Waals surface area (Å²) in [5.41, 5.74) is 20.8. The van der Waals surface area contributed by atoms with Crippen LogP contribution in [0.15, 0.2) is 160 Å². The molecule has 19 heterocycles. The van der Waals surface area contributed by atoms with Crippen LogP contribution in [-0.4, -0.2) is 187 Å². The second kappa shape index (κ2) is 31.1. The van der Waals surface area contributed by atoms with Crippen molar-refractivity contribution in [3.63, 3.8) is 0 Å². The van der Waals surface area contributed by atoms with E-state index in [0.29, 0.717) is 80.2 Å². The number of hydrogen-bond acceptors (Lipinski definition) is 23. The minimum atomic E-state index is -0.124. The molecule has 0 atom stereocenters. The van der Waals surface area contributed by atoms with Crippen molar-refractivity contribution in [2.24, 2.45) is 7.05 Å². The minimum absolute atomic E-state index is 0.112. The summed E-state index contributed by atoms with van der Waals surface area (Å²) in [5, 5.41) is 25.7.